The third-order valence-corrected chi connectivity index (χ3v) is 11.6. The van der Waals surface area contributed by atoms with E-state index >= 15 is 0 Å². The van der Waals surface area contributed by atoms with Crippen molar-refractivity contribution in [2.45, 2.75) is 31.5 Å². The molecule has 0 saturated carbocycles. The van der Waals surface area contributed by atoms with Crippen molar-refractivity contribution in [3.05, 3.63) is 132 Å². The molecule has 4 aromatic carbocycles. The molecule has 2 aliphatic heterocycles. The number of carbonyl (C=O) groups excluding carboxylic acids is 3. The van der Waals surface area contributed by atoms with Gasteiger partial charge in [-0.1, -0.05) is 78.9 Å². The normalized spacial score (nSPS) is 17.4. The summed E-state index contributed by atoms with van der Waals surface area (Å²) in [4.78, 5) is 51.2. The number of alkyl carbamates (subject to hydrolysis) is 1. The number of anilines is 1. The molecule has 54 heavy (non-hydrogen) atoms. The average molecular weight is 747 g/mol. The fourth-order valence-corrected chi connectivity index (χ4v) is 8.27. The van der Waals surface area contributed by atoms with Gasteiger partial charge in [0, 0.05) is 37.4 Å². The summed E-state index contributed by atoms with van der Waals surface area (Å²) in [6.07, 6.45) is 2.63. The molecular weight excluding hydrogens is 705 g/mol. The highest BCUT2D eigenvalue weighted by atomic mass is 32.2. The van der Waals surface area contributed by atoms with Crippen LogP contribution < -0.4 is 10.6 Å². The zero-order valence-corrected chi connectivity index (χ0v) is 30.7. The summed E-state index contributed by atoms with van der Waals surface area (Å²) in [5, 5.41) is 5.68. The van der Waals surface area contributed by atoms with Crippen LogP contribution in [0.1, 0.15) is 52.2 Å². The quantitative estimate of drug-likeness (QED) is 0.158. The Kier molecular flexibility index (Phi) is 10.9. The first kappa shape index (κ1) is 36.6. The Morgan fingerprint density at radius 3 is 2.31 bits per heavy atom. The summed E-state index contributed by atoms with van der Waals surface area (Å²) in [7, 11) is -1.65. The molecule has 0 radical (unpaired) electrons. The zero-order chi connectivity index (χ0) is 37.7. The van der Waals surface area contributed by atoms with E-state index in [2.05, 4.69) is 25.5 Å². The van der Waals surface area contributed by atoms with Gasteiger partial charge in [-0.3, -0.25) is 14.5 Å². The molecule has 0 bridgehead atoms. The average Bonchev–Trinajstić information content (AvgIpc) is 3.90. The maximum absolute atomic E-state index is 13.8. The summed E-state index contributed by atoms with van der Waals surface area (Å²) in [5.74, 6) is 0.615. The van der Waals surface area contributed by atoms with Gasteiger partial charge in [-0.05, 0) is 64.9 Å². The molecule has 0 unspecified atom stereocenters. The van der Waals surface area contributed by atoms with Crippen molar-refractivity contribution < 1.29 is 27.5 Å². The summed E-state index contributed by atoms with van der Waals surface area (Å²) in [5.41, 5.74) is 6.51. The molecule has 3 heterocycles. The van der Waals surface area contributed by atoms with Crippen LogP contribution in [0.4, 0.5) is 10.5 Å². The number of ether oxygens (including phenoxy) is 1. The molecule has 12 nitrogen and oxygen atoms in total. The van der Waals surface area contributed by atoms with E-state index in [1.165, 1.54) is 7.11 Å². The van der Waals surface area contributed by atoms with Gasteiger partial charge in [-0.15, -0.1) is 0 Å². The number of sulfone groups is 1. The number of nitrogens with zero attached hydrogens (tertiary/aromatic N) is 3. The minimum Gasteiger partial charge on any atom is -0.453 e. The van der Waals surface area contributed by atoms with Crippen molar-refractivity contribution in [1.29, 1.82) is 0 Å². The van der Waals surface area contributed by atoms with Crippen LogP contribution in [0.25, 0.3) is 22.4 Å². The molecular formula is C41H42N6O6S. The van der Waals surface area contributed by atoms with E-state index in [-0.39, 0.29) is 29.4 Å². The lowest BCUT2D eigenvalue weighted by atomic mass is 10.0. The van der Waals surface area contributed by atoms with E-state index in [0.29, 0.717) is 48.8 Å². The third kappa shape index (κ3) is 8.53. The number of benzene rings is 4. The molecule has 3 N–H and O–H groups in total. The Labute approximate surface area is 314 Å². The van der Waals surface area contributed by atoms with Crippen LogP contribution in [0.5, 0.6) is 0 Å². The van der Waals surface area contributed by atoms with Crippen LogP contribution in [0.15, 0.2) is 109 Å². The number of carbonyl (C=O) groups is 3. The van der Waals surface area contributed by atoms with Gasteiger partial charge in [0.15, 0.2) is 9.84 Å². The van der Waals surface area contributed by atoms with E-state index in [0.717, 1.165) is 40.8 Å². The molecule has 278 valence electrons. The molecule has 3 amide bonds. The zero-order valence-electron chi connectivity index (χ0n) is 29.9. The van der Waals surface area contributed by atoms with E-state index in [9.17, 15) is 22.8 Å². The van der Waals surface area contributed by atoms with E-state index in [1.54, 1.807) is 29.3 Å². The molecule has 2 saturated heterocycles. The van der Waals surface area contributed by atoms with Gasteiger partial charge in [0.05, 0.1) is 36.5 Å². The third-order valence-electron chi connectivity index (χ3n) is 9.98. The Morgan fingerprint density at radius 2 is 1.59 bits per heavy atom. The second kappa shape index (κ2) is 16.1. The van der Waals surface area contributed by atoms with E-state index in [1.807, 2.05) is 84.9 Å². The first-order valence-electron chi connectivity index (χ1n) is 17.9. The van der Waals surface area contributed by atoms with E-state index in [4.69, 9.17) is 4.74 Å². The summed E-state index contributed by atoms with van der Waals surface area (Å²) >= 11 is 0. The summed E-state index contributed by atoms with van der Waals surface area (Å²) in [6, 6.07) is 31.0. The predicted octanol–water partition coefficient (Wildman–Crippen LogP) is 5.99. The maximum Gasteiger partial charge on any atom is 0.407 e. The Balaban J connectivity index is 0.988. The van der Waals surface area contributed by atoms with Crippen LogP contribution in [-0.2, 0) is 25.9 Å². The number of imidazole rings is 1. The largest absolute Gasteiger partial charge is 0.453 e. The Hall–Kier alpha value is -5.79. The van der Waals surface area contributed by atoms with Gasteiger partial charge in [-0.2, -0.15) is 0 Å². The van der Waals surface area contributed by atoms with Gasteiger partial charge in [0.2, 0.25) is 0 Å². The van der Waals surface area contributed by atoms with Gasteiger partial charge >= 0.3 is 6.09 Å². The van der Waals surface area contributed by atoms with Crippen molar-refractivity contribution in [2.75, 3.05) is 43.6 Å². The molecule has 2 atom stereocenters. The summed E-state index contributed by atoms with van der Waals surface area (Å²) in [6.45, 7) is 2.27. The van der Waals surface area contributed by atoms with Crippen molar-refractivity contribution in [1.82, 2.24) is 25.1 Å². The fraction of sp³-hybridized carbons (Fsp3) is 0.268. The topological polar surface area (TPSA) is 154 Å². The number of hydrogen-bond donors (Lipinski definition) is 3. The number of aromatic amines is 1. The first-order chi connectivity index (χ1) is 26.2. The van der Waals surface area contributed by atoms with Crippen LogP contribution in [0.2, 0.25) is 0 Å². The minimum atomic E-state index is -2.92. The maximum atomic E-state index is 13.8. The number of H-pyrrole nitrogens is 1. The van der Waals surface area contributed by atoms with Crippen molar-refractivity contribution in [2.24, 2.45) is 0 Å². The van der Waals surface area contributed by atoms with Crippen LogP contribution in [0.3, 0.4) is 0 Å². The van der Waals surface area contributed by atoms with Gasteiger partial charge in [0.25, 0.3) is 11.8 Å². The van der Waals surface area contributed by atoms with Crippen molar-refractivity contribution in [3.8, 4) is 22.4 Å². The molecule has 2 fully saturated rings. The highest BCUT2D eigenvalue weighted by Crippen LogP contribution is 2.34. The van der Waals surface area contributed by atoms with Crippen LogP contribution in [0, 0.1) is 0 Å². The standard InChI is InChI=1S/C41H42N6O6S/c1-53-41(50)45-37(31-7-3-2-4-8-31)40(49)47-20-6-11-36(47)38-42-26-35(44-38)30-16-14-29(15-17-30)32-9-5-10-33(25-32)39(48)43-34-18-12-28(13-19-34)27-46-21-23-54(51,52)24-22-46/h2-5,7-10,12-19,25-26,36-37H,6,11,20-24,27H2,1H3,(H,42,44)(H,43,48)(H,45,50)/t36-,37+/m0/s1. The molecule has 1 aromatic heterocycles. The minimum absolute atomic E-state index is 0.191. The number of hydrogen-bond acceptors (Lipinski definition) is 8. The van der Waals surface area contributed by atoms with Crippen molar-refractivity contribution >= 4 is 33.4 Å². The number of aromatic nitrogens is 2. The molecule has 2 aliphatic rings. The Bertz CT molecular complexity index is 2210. The summed E-state index contributed by atoms with van der Waals surface area (Å²) < 4.78 is 28.3. The number of likely N-dealkylation sites (tertiary alicyclic amines) is 1. The van der Waals surface area contributed by atoms with Crippen LogP contribution in [-0.4, -0.2) is 84.3 Å². The molecule has 0 spiro atoms. The number of methoxy groups -OCH3 is 1. The van der Waals surface area contributed by atoms with Gasteiger partial charge < -0.3 is 25.3 Å². The first-order valence-corrected chi connectivity index (χ1v) is 19.8. The lowest BCUT2D eigenvalue weighted by Gasteiger charge is -2.28. The number of amides is 3. The highest BCUT2D eigenvalue weighted by molar-refractivity contribution is 7.91. The lowest BCUT2D eigenvalue weighted by molar-refractivity contribution is -0.134. The smallest absolute Gasteiger partial charge is 0.407 e. The van der Waals surface area contributed by atoms with E-state index < -0.39 is 22.0 Å². The van der Waals surface area contributed by atoms with Crippen molar-refractivity contribution in [3.63, 3.8) is 0 Å². The molecule has 5 aromatic rings. The lowest BCUT2D eigenvalue weighted by Crippen LogP contribution is -2.42. The van der Waals surface area contributed by atoms with Gasteiger partial charge in [-0.25, -0.2) is 18.2 Å². The molecule has 0 aliphatic carbocycles. The SMILES string of the molecule is COC(=O)N[C@@H](C(=O)N1CCC[C@H]1c1ncc(-c2ccc(-c3cccc(C(=O)Nc4ccc(CN5CCS(=O)(=O)CC5)cc4)c3)cc2)[nH]1)c1ccccc1. The number of rotatable bonds is 10. The monoisotopic (exact) mass is 746 g/mol. The number of nitrogens with one attached hydrogen (secondary N) is 3. The predicted molar refractivity (Wildman–Crippen MR) is 206 cm³/mol. The van der Waals surface area contributed by atoms with Crippen LogP contribution >= 0.6 is 0 Å². The molecule has 13 heteroatoms. The second-order valence-corrected chi connectivity index (χ2v) is 15.9. The molecule has 7 rings (SSSR count). The van der Waals surface area contributed by atoms with Gasteiger partial charge in [0.1, 0.15) is 11.9 Å². The second-order valence-electron chi connectivity index (χ2n) is 13.6. The Morgan fingerprint density at radius 1 is 0.870 bits per heavy atom. The fourth-order valence-electron chi connectivity index (χ4n) is 6.99. The highest BCUT2D eigenvalue weighted by Gasteiger charge is 2.37.